The molecule has 1 aliphatic heterocycles. The molecule has 1 amide bonds. The zero-order chi connectivity index (χ0) is 8.27. The summed E-state index contributed by atoms with van der Waals surface area (Å²) in [5.41, 5.74) is 8.31. The summed E-state index contributed by atoms with van der Waals surface area (Å²) in [6.45, 7) is 3.66. The highest BCUT2D eigenvalue weighted by atomic mass is 16.2. The average Bonchev–Trinajstić information content (AvgIpc) is 2.31. The van der Waals surface area contributed by atoms with Crippen LogP contribution in [-0.4, -0.2) is 30.0 Å². The fourth-order valence-corrected chi connectivity index (χ4v) is 1.05. The molecule has 1 aliphatic rings. The molecule has 3 N–H and O–H groups in total. The topological polar surface area (TPSA) is 58.4 Å². The lowest BCUT2D eigenvalue weighted by Crippen LogP contribution is -2.36. The maximum absolute atomic E-state index is 10.7. The Kier molecular flexibility index (Phi) is 2.84. The highest BCUT2D eigenvalue weighted by molar-refractivity contribution is 5.77. The highest BCUT2D eigenvalue weighted by Crippen LogP contribution is 1.99. The normalized spacial score (nSPS) is 21.8. The molecular weight excluding hydrogens is 142 g/mol. The Morgan fingerprint density at radius 3 is 3.00 bits per heavy atom. The molecule has 0 saturated carbocycles. The molecule has 4 nitrogen and oxygen atoms in total. The summed E-state index contributed by atoms with van der Waals surface area (Å²) < 4.78 is 0. The van der Waals surface area contributed by atoms with Gasteiger partial charge in [0.05, 0.1) is 0 Å². The Morgan fingerprint density at radius 2 is 2.55 bits per heavy atom. The van der Waals surface area contributed by atoms with Crippen LogP contribution in [0.4, 0.5) is 0 Å². The van der Waals surface area contributed by atoms with Gasteiger partial charge in [-0.1, -0.05) is 0 Å². The summed E-state index contributed by atoms with van der Waals surface area (Å²) in [7, 11) is 0. The third kappa shape index (κ3) is 2.86. The van der Waals surface area contributed by atoms with E-state index in [1.165, 1.54) is 0 Å². The number of carbonyl (C=O) groups excluding carboxylic acids is 1. The van der Waals surface area contributed by atoms with Crippen LogP contribution in [0.15, 0.2) is 0 Å². The standard InChI is InChI=1S/C7H15N3O/c1-6(8)2-4-10-5-3-7(11)9-10/h6H,2-5,8H2,1H3,(H,9,11). The van der Waals surface area contributed by atoms with Gasteiger partial charge in [0, 0.05) is 25.6 Å². The zero-order valence-corrected chi connectivity index (χ0v) is 6.84. The first-order valence-electron chi connectivity index (χ1n) is 3.98. The minimum absolute atomic E-state index is 0.120. The van der Waals surface area contributed by atoms with E-state index in [1.807, 2.05) is 11.9 Å². The largest absolute Gasteiger partial charge is 0.328 e. The third-order valence-electron chi connectivity index (χ3n) is 1.75. The van der Waals surface area contributed by atoms with Gasteiger partial charge in [0.1, 0.15) is 0 Å². The van der Waals surface area contributed by atoms with Crippen molar-refractivity contribution in [1.29, 1.82) is 0 Å². The third-order valence-corrected chi connectivity index (χ3v) is 1.75. The molecule has 11 heavy (non-hydrogen) atoms. The fraction of sp³-hybridized carbons (Fsp3) is 0.857. The maximum atomic E-state index is 10.7. The van der Waals surface area contributed by atoms with Crippen LogP contribution in [0.5, 0.6) is 0 Å². The van der Waals surface area contributed by atoms with E-state index in [4.69, 9.17) is 5.73 Å². The molecule has 1 unspecified atom stereocenters. The van der Waals surface area contributed by atoms with E-state index in [0.717, 1.165) is 19.5 Å². The van der Waals surface area contributed by atoms with Crippen LogP contribution in [0.2, 0.25) is 0 Å². The predicted molar refractivity (Wildman–Crippen MR) is 42.6 cm³/mol. The van der Waals surface area contributed by atoms with Gasteiger partial charge in [-0.25, -0.2) is 5.01 Å². The van der Waals surface area contributed by atoms with Gasteiger partial charge in [-0.2, -0.15) is 0 Å². The van der Waals surface area contributed by atoms with Gasteiger partial charge >= 0.3 is 0 Å². The second kappa shape index (κ2) is 3.69. The number of nitrogens with one attached hydrogen (secondary N) is 1. The van der Waals surface area contributed by atoms with Gasteiger partial charge in [-0.3, -0.25) is 10.2 Å². The predicted octanol–water partition coefficient (Wildman–Crippen LogP) is -0.539. The van der Waals surface area contributed by atoms with Crippen molar-refractivity contribution in [1.82, 2.24) is 10.4 Å². The van der Waals surface area contributed by atoms with Crippen LogP contribution < -0.4 is 11.2 Å². The number of amides is 1. The first kappa shape index (κ1) is 8.49. The number of hydrogen-bond acceptors (Lipinski definition) is 3. The van der Waals surface area contributed by atoms with E-state index in [9.17, 15) is 4.79 Å². The van der Waals surface area contributed by atoms with E-state index in [2.05, 4.69) is 5.43 Å². The van der Waals surface area contributed by atoms with Crippen molar-refractivity contribution in [3.05, 3.63) is 0 Å². The molecule has 1 heterocycles. The van der Waals surface area contributed by atoms with Gasteiger partial charge in [-0.05, 0) is 13.3 Å². The Balaban J connectivity index is 2.13. The van der Waals surface area contributed by atoms with Crippen molar-refractivity contribution in [2.75, 3.05) is 13.1 Å². The Morgan fingerprint density at radius 1 is 1.82 bits per heavy atom. The molecule has 0 aromatic heterocycles. The number of rotatable bonds is 3. The van der Waals surface area contributed by atoms with Gasteiger partial charge in [-0.15, -0.1) is 0 Å². The first-order valence-corrected chi connectivity index (χ1v) is 3.98. The SMILES string of the molecule is CC(N)CCN1CCC(=O)N1. The highest BCUT2D eigenvalue weighted by Gasteiger charge is 2.17. The molecule has 1 saturated heterocycles. The monoisotopic (exact) mass is 157 g/mol. The Hall–Kier alpha value is -0.610. The summed E-state index contributed by atoms with van der Waals surface area (Å²) >= 11 is 0. The van der Waals surface area contributed by atoms with Crippen LogP contribution in [0, 0.1) is 0 Å². The average molecular weight is 157 g/mol. The van der Waals surface area contributed by atoms with Crippen molar-refractivity contribution in [3.63, 3.8) is 0 Å². The second-order valence-electron chi connectivity index (χ2n) is 3.04. The summed E-state index contributed by atoms with van der Waals surface area (Å²) in [6, 6.07) is 0.215. The smallest absolute Gasteiger partial charge is 0.235 e. The molecule has 0 aromatic rings. The molecule has 1 fully saturated rings. The number of hydrazine groups is 1. The van der Waals surface area contributed by atoms with E-state index in [1.54, 1.807) is 0 Å². The quantitative estimate of drug-likeness (QED) is 0.578. The fourth-order valence-electron chi connectivity index (χ4n) is 1.05. The van der Waals surface area contributed by atoms with Gasteiger partial charge < -0.3 is 5.73 Å². The van der Waals surface area contributed by atoms with Crippen LogP contribution in [-0.2, 0) is 4.79 Å². The van der Waals surface area contributed by atoms with E-state index in [-0.39, 0.29) is 11.9 Å². The molecule has 4 heteroatoms. The van der Waals surface area contributed by atoms with Crippen molar-refractivity contribution < 1.29 is 4.79 Å². The second-order valence-corrected chi connectivity index (χ2v) is 3.04. The van der Waals surface area contributed by atoms with E-state index < -0.39 is 0 Å². The first-order chi connectivity index (χ1) is 5.18. The molecule has 1 atom stereocenters. The number of nitrogens with two attached hydrogens (primary N) is 1. The lowest BCUT2D eigenvalue weighted by atomic mass is 10.2. The summed E-state index contributed by atoms with van der Waals surface area (Å²) in [5.74, 6) is 0.120. The molecule has 0 bridgehead atoms. The van der Waals surface area contributed by atoms with Crippen molar-refractivity contribution in [2.24, 2.45) is 5.73 Å². The number of hydrogen-bond donors (Lipinski definition) is 2. The van der Waals surface area contributed by atoms with Crippen LogP contribution >= 0.6 is 0 Å². The van der Waals surface area contributed by atoms with Crippen LogP contribution in [0.1, 0.15) is 19.8 Å². The van der Waals surface area contributed by atoms with Crippen molar-refractivity contribution in [2.45, 2.75) is 25.8 Å². The van der Waals surface area contributed by atoms with Gasteiger partial charge in [0.15, 0.2) is 0 Å². The minimum Gasteiger partial charge on any atom is -0.328 e. The molecule has 1 rings (SSSR count). The number of nitrogens with zero attached hydrogens (tertiary/aromatic N) is 1. The summed E-state index contributed by atoms with van der Waals surface area (Å²) in [5, 5.41) is 1.92. The van der Waals surface area contributed by atoms with Crippen molar-refractivity contribution >= 4 is 5.91 Å². The molecule has 0 radical (unpaired) electrons. The molecule has 0 aromatic carbocycles. The van der Waals surface area contributed by atoms with Gasteiger partial charge in [0.25, 0.3) is 0 Å². The maximum Gasteiger partial charge on any atom is 0.235 e. The summed E-state index contributed by atoms with van der Waals surface area (Å²) in [4.78, 5) is 10.7. The van der Waals surface area contributed by atoms with Crippen LogP contribution in [0.25, 0.3) is 0 Å². The Bertz CT molecular complexity index is 147. The lowest BCUT2D eigenvalue weighted by Gasteiger charge is -2.15. The molecular formula is C7H15N3O. The zero-order valence-electron chi connectivity index (χ0n) is 6.84. The molecule has 0 spiro atoms. The minimum atomic E-state index is 0.120. The lowest BCUT2D eigenvalue weighted by molar-refractivity contribution is -0.121. The van der Waals surface area contributed by atoms with Crippen molar-refractivity contribution in [3.8, 4) is 0 Å². The van der Waals surface area contributed by atoms with E-state index >= 15 is 0 Å². The molecule has 0 aliphatic carbocycles. The molecule has 64 valence electrons. The number of carbonyl (C=O) groups is 1. The summed E-state index contributed by atoms with van der Waals surface area (Å²) in [6.07, 6.45) is 1.55. The Labute approximate surface area is 66.7 Å². The van der Waals surface area contributed by atoms with Gasteiger partial charge in [0.2, 0.25) is 5.91 Å². The van der Waals surface area contributed by atoms with Crippen LogP contribution in [0.3, 0.4) is 0 Å². The van der Waals surface area contributed by atoms with E-state index in [0.29, 0.717) is 6.42 Å².